The van der Waals surface area contributed by atoms with Gasteiger partial charge in [-0.1, -0.05) is 25.1 Å². The van der Waals surface area contributed by atoms with Crippen molar-refractivity contribution in [3.05, 3.63) is 29.8 Å². The Bertz CT molecular complexity index is 373. The summed E-state index contributed by atoms with van der Waals surface area (Å²) in [5.41, 5.74) is 7.22. The van der Waals surface area contributed by atoms with Gasteiger partial charge in [-0.15, -0.1) is 0 Å². The number of piperidine rings is 1. The van der Waals surface area contributed by atoms with Crippen molar-refractivity contribution in [2.45, 2.75) is 25.8 Å². The van der Waals surface area contributed by atoms with Crippen molar-refractivity contribution in [2.75, 3.05) is 26.7 Å². The minimum absolute atomic E-state index is 0.286. The summed E-state index contributed by atoms with van der Waals surface area (Å²) in [6.07, 6.45) is 2.54. The predicted octanol–water partition coefficient (Wildman–Crippen LogP) is 2.43. The van der Waals surface area contributed by atoms with Gasteiger partial charge in [0.2, 0.25) is 0 Å². The maximum Gasteiger partial charge on any atom is 0.123 e. The lowest BCUT2D eigenvalue weighted by Gasteiger charge is -2.36. The number of hydrogen-bond acceptors (Lipinski definition) is 3. The van der Waals surface area contributed by atoms with E-state index >= 15 is 0 Å². The van der Waals surface area contributed by atoms with Gasteiger partial charge in [0.15, 0.2) is 0 Å². The highest BCUT2D eigenvalue weighted by molar-refractivity contribution is 5.36. The molecule has 0 spiro atoms. The molecule has 1 aliphatic rings. The number of hydrogen-bond donors (Lipinski definition) is 1. The first-order valence-electron chi connectivity index (χ1n) is 6.83. The fourth-order valence-corrected chi connectivity index (χ4v) is 2.75. The van der Waals surface area contributed by atoms with E-state index in [9.17, 15) is 0 Å². The van der Waals surface area contributed by atoms with Crippen LogP contribution in [0.4, 0.5) is 0 Å². The van der Waals surface area contributed by atoms with Crippen LogP contribution in [-0.2, 0) is 0 Å². The molecule has 1 aromatic rings. The van der Waals surface area contributed by atoms with E-state index in [0.29, 0.717) is 6.54 Å². The molecule has 0 saturated carbocycles. The lowest BCUT2D eigenvalue weighted by molar-refractivity contribution is 0.139. The third-order valence-electron chi connectivity index (χ3n) is 3.98. The lowest BCUT2D eigenvalue weighted by Crippen LogP contribution is -2.39. The normalized spacial score (nSPS) is 19.7. The second-order valence-corrected chi connectivity index (χ2v) is 5.21. The minimum Gasteiger partial charge on any atom is -0.496 e. The first-order valence-corrected chi connectivity index (χ1v) is 6.83. The molecule has 0 unspecified atom stereocenters. The average molecular weight is 248 g/mol. The second-order valence-electron chi connectivity index (χ2n) is 5.21. The Labute approximate surface area is 110 Å². The van der Waals surface area contributed by atoms with Gasteiger partial charge in [-0.2, -0.15) is 0 Å². The third kappa shape index (κ3) is 2.85. The molecule has 0 bridgehead atoms. The highest BCUT2D eigenvalue weighted by atomic mass is 16.5. The van der Waals surface area contributed by atoms with Crippen molar-refractivity contribution < 1.29 is 4.74 Å². The number of methoxy groups -OCH3 is 1. The molecule has 0 aromatic heterocycles. The molecule has 0 amide bonds. The molecule has 0 radical (unpaired) electrons. The van der Waals surface area contributed by atoms with Gasteiger partial charge in [0, 0.05) is 12.1 Å². The first-order chi connectivity index (χ1) is 8.76. The standard InChI is InChI=1S/C15H24N2O/c1-12-7-9-17(10-8-12)14(11-16)13-5-3-4-6-15(13)18-2/h3-6,12,14H,7-11,16H2,1-2H3/t14-/m0/s1. The molecule has 1 saturated heterocycles. The Balaban J connectivity index is 2.17. The van der Waals surface area contributed by atoms with Gasteiger partial charge in [0.25, 0.3) is 0 Å². The zero-order chi connectivity index (χ0) is 13.0. The minimum atomic E-state index is 0.286. The molecule has 18 heavy (non-hydrogen) atoms. The fourth-order valence-electron chi connectivity index (χ4n) is 2.75. The topological polar surface area (TPSA) is 38.5 Å². The SMILES string of the molecule is COc1ccccc1[C@H](CN)N1CCC(C)CC1. The van der Waals surface area contributed by atoms with Crippen molar-refractivity contribution in [1.82, 2.24) is 4.90 Å². The van der Waals surface area contributed by atoms with E-state index in [1.54, 1.807) is 7.11 Å². The number of rotatable bonds is 4. The Morgan fingerprint density at radius 2 is 2.00 bits per heavy atom. The highest BCUT2D eigenvalue weighted by Crippen LogP contribution is 2.31. The molecule has 3 heteroatoms. The molecule has 0 aliphatic carbocycles. The summed E-state index contributed by atoms with van der Waals surface area (Å²) in [6, 6.07) is 8.51. The zero-order valence-corrected chi connectivity index (χ0v) is 11.4. The third-order valence-corrected chi connectivity index (χ3v) is 3.98. The Kier molecular flexibility index (Phi) is 4.61. The Morgan fingerprint density at radius 1 is 1.33 bits per heavy atom. The van der Waals surface area contributed by atoms with Crippen molar-refractivity contribution in [3.63, 3.8) is 0 Å². The summed E-state index contributed by atoms with van der Waals surface area (Å²) in [7, 11) is 1.73. The maximum atomic E-state index is 6.00. The van der Waals surface area contributed by atoms with Crippen LogP contribution < -0.4 is 10.5 Å². The molecule has 2 N–H and O–H groups in total. The number of benzene rings is 1. The summed E-state index contributed by atoms with van der Waals surface area (Å²) >= 11 is 0. The summed E-state index contributed by atoms with van der Waals surface area (Å²) in [6.45, 7) is 5.26. The van der Waals surface area contributed by atoms with Crippen LogP contribution in [0.15, 0.2) is 24.3 Å². The van der Waals surface area contributed by atoms with Gasteiger partial charge >= 0.3 is 0 Å². The van der Waals surface area contributed by atoms with E-state index in [1.165, 1.54) is 18.4 Å². The zero-order valence-electron chi connectivity index (χ0n) is 11.4. The van der Waals surface area contributed by atoms with Gasteiger partial charge in [0.05, 0.1) is 13.2 Å². The molecule has 1 fully saturated rings. The fraction of sp³-hybridized carbons (Fsp3) is 0.600. The van der Waals surface area contributed by atoms with Crippen molar-refractivity contribution in [1.29, 1.82) is 0 Å². The van der Waals surface area contributed by atoms with Crippen LogP contribution in [0.5, 0.6) is 5.75 Å². The summed E-state index contributed by atoms with van der Waals surface area (Å²) in [4.78, 5) is 2.50. The lowest BCUT2D eigenvalue weighted by atomic mass is 9.95. The molecular formula is C15H24N2O. The summed E-state index contributed by atoms with van der Waals surface area (Å²) in [5, 5.41) is 0. The van der Waals surface area contributed by atoms with Gasteiger partial charge in [-0.3, -0.25) is 4.90 Å². The molecule has 1 heterocycles. The average Bonchev–Trinajstić information content (AvgIpc) is 2.42. The van der Waals surface area contributed by atoms with Crippen LogP contribution >= 0.6 is 0 Å². The smallest absolute Gasteiger partial charge is 0.123 e. The van der Waals surface area contributed by atoms with Crippen molar-refractivity contribution >= 4 is 0 Å². The molecule has 1 aliphatic heterocycles. The van der Waals surface area contributed by atoms with Gasteiger partial charge in [-0.05, 0) is 37.9 Å². The molecule has 2 rings (SSSR count). The van der Waals surface area contributed by atoms with Crippen LogP contribution in [-0.4, -0.2) is 31.6 Å². The largest absolute Gasteiger partial charge is 0.496 e. The Hall–Kier alpha value is -1.06. The van der Waals surface area contributed by atoms with Crippen LogP contribution in [0.1, 0.15) is 31.4 Å². The number of nitrogens with zero attached hydrogens (tertiary/aromatic N) is 1. The molecule has 1 aromatic carbocycles. The van der Waals surface area contributed by atoms with E-state index in [0.717, 1.165) is 24.8 Å². The molecule has 3 nitrogen and oxygen atoms in total. The van der Waals surface area contributed by atoms with Gasteiger partial charge in [-0.25, -0.2) is 0 Å². The maximum absolute atomic E-state index is 6.00. The number of para-hydroxylation sites is 1. The number of likely N-dealkylation sites (tertiary alicyclic amines) is 1. The molecule has 1 atom stereocenters. The monoisotopic (exact) mass is 248 g/mol. The number of nitrogens with two attached hydrogens (primary N) is 1. The Morgan fingerprint density at radius 3 is 2.61 bits per heavy atom. The molecule has 100 valence electrons. The van der Waals surface area contributed by atoms with Gasteiger partial charge in [0.1, 0.15) is 5.75 Å². The quantitative estimate of drug-likeness (QED) is 0.889. The summed E-state index contributed by atoms with van der Waals surface area (Å²) < 4.78 is 5.46. The predicted molar refractivity (Wildman–Crippen MR) is 74.8 cm³/mol. The van der Waals surface area contributed by atoms with E-state index in [-0.39, 0.29) is 6.04 Å². The summed E-state index contributed by atoms with van der Waals surface area (Å²) in [5.74, 6) is 1.80. The van der Waals surface area contributed by atoms with E-state index in [2.05, 4.69) is 24.0 Å². The van der Waals surface area contributed by atoms with E-state index < -0.39 is 0 Å². The first kappa shape index (κ1) is 13.4. The number of ether oxygens (including phenoxy) is 1. The van der Waals surface area contributed by atoms with Crippen molar-refractivity contribution in [3.8, 4) is 5.75 Å². The van der Waals surface area contributed by atoms with Gasteiger partial charge < -0.3 is 10.5 Å². The van der Waals surface area contributed by atoms with Crippen LogP contribution in [0, 0.1) is 5.92 Å². The van der Waals surface area contributed by atoms with Crippen LogP contribution in [0.3, 0.4) is 0 Å². The van der Waals surface area contributed by atoms with E-state index in [4.69, 9.17) is 10.5 Å². The van der Waals surface area contributed by atoms with Crippen LogP contribution in [0.2, 0.25) is 0 Å². The second kappa shape index (κ2) is 6.21. The molecular weight excluding hydrogens is 224 g/mol. The van der Waals surface area contributed by atoms with E-state index in [1.807, 2.05) is 12.1 Å². The van der Waals surface area contributed by atoms with Crippen LogP contribution in [0.25, 0.3) is 0 Å². The van der Waals surface area contributed by atoms with Crippen molar-refractivity contribution in [2.24, 2.45) is 11.7 Å². The highest BCUT2D eigenvalue weighted by Gasteiger charge is 2.25.